The topological polar surface area (TPSA) is 52.6 Å². The molecule has 4 rings (SSSR count). The molecule has 29 heavy (non-hydrogen) atoms. The first-order chi connectivity index (χ1) is 13.9. The third kappa shape index (κ3) is 3.97. The number of benzene rings is 2. The first kappa shape index (κ1) is 19.4. The van der Waals surface area contributed by atoms with E-state index in [-0.39, 0.29) is 18.2 Å². The van der Waals surface area contributed by atoms with Crippen LogP contribution < -0.4 is 9.47 Å². The summed E-state index contributed by atoms with van der Waals surface area (Å²) < 4.78 is 11.5. The van der Waals surface area contributed by atoms with Gasteiger partial charge in [-0.05, 0) is 66.8 Å². The van der Waals surface area contributed by atoms with Crippen molar-refractivity contribution >= 4 is 40.6 Å². The quantitative estimate of drug-likeness (QED) is 0.378. The Hall–Kier alpha value is -2.89. The number of carbonyl (C=O) groups is 2. The van der Waals surface area contributed by atoms with Crippen LogP contribution in [0.2, 0.25) is 5.02 Å². The summed E-state index contributed by atoms with van der Waals surface area (Å²) in [6.07, 6.45) is 1.77. The van der Waals surface area contributed by atoms with Gasteiger partial charge in [0.25, 0.3) is 0 Å². The summed E-state index contributed by atoms with van der Waals surface area (Å²) in [4.78, 5) is 26.0. The van der Waals surface area contributed by atoms with Crippen LogP contribution in [0.5, 0.6) is 11.5 Å². The second kappa shape index (κ2) is 7.85. The van der Waals surface area contributed by atoms with Crippen molar-refractivity contribution in [1.82, 2.24) is 0 Å². The Morgan fingerprint density at radius 1 is 1.14 bits per heavy atom. The van der Waals surface area contributed by atoms with Crippen molar-refractivity contribution in [3.8, 4) is 11.5 Å². The van der Waals surface area contributed by atoms with Gasteiger partial charge >= 0.3 is 0 Å². The minimum Gasteiger partial charge on any atom is -0.485 e. The minimum atomic E-state index is -0.162. The molecule has 0 fully saturated rings. The van der Waals surface area contributed by atoms with Gasteiger partial charge in [0.15, 0.2) is 18.1 Å². The maximum atomic E-state index is 12.8. The summed E-state index contributed by atoms with van der Waals surface area (Å²) in [5, 5.41) is 2.54. The van der Waals surface area contributed by atoms with Gasteiger partial charge in [-0.2, -0.15) is 0 Å². The standard InChI is InChI=1S/C23H17ClO4S/c1-13-7-8-29-21(13)11-20-23(26)22-14(2)9-17(10-19(22)28-20)27-12-18(25)15-3-5-16(24)6-4-15/h3-11H,12H2,1-2H3/b20-11-. The van der Waals surface area contributed by atoms with Crippen molar-refractivity contribution in [1.29, 1.82) is 0 Å². The fourth-order valence-electron chi connectivity index (χ4n) is 3.08. The summed E-state index contributed by atoms with van der Waals surface area (Å²) in [6.45, 7) is 3.70. The number of hydrogen-bond acceptors (Lipinski definition) is 5. The Labute approximate surface area is 177 Å². The average molecular weight is 425 g/mol. The lowest BCUT2D eigenvalue weighted by Crippen LogP contribution is -2.11. The molecule has 1 aliphatic rings. The molecule has 0 spiro atoms. The first-order valence-electron chi connectivity index (χ1n) is 8.97. The largest absolute Gasteiger partial charge is 0.485 e. The van der Waals surface area contributed by atoms with Gasteiger partial charge in [-0.1, -0.05) is 11.6 Å². The molecule has 146 valence electrons. The number of carbonyl (C=O) groups excluding carboxylic acids is 2. The van der Waals surface area contributed by atoms with E-state index in [1.54, 1.807) is 53.8 Å². The molecule has 0 aliphatic carbocycles. The molecule has 2 heterocycles. The van der Waals surface area contributed by atoms with Crippen molar-refractivity contribution in [2.24, 2.45) is 0 Å². The van der Waals surface area contributed by atoms with Crippen molar-refractivity contribution in [2.75, 3.05) is 6.61 Å². The van der Waals surface area contributed by atoms with E-state index in [0.29, 0.717) is 33.4 Å². The van der Waals surface area contributed by atoms with Gasteiger partial charge in [0.2, 0.25) is 5.78 Å². The second-order valence-corrected chi connectivity index (χ2v) is 8.12. The summed E-state index contributed by atoms with van der Waals surface area (Å²) >= 11 is 7.41. The van der Waals surface area contributed by atoms with Gasteiger partial charge in [-0.3, -0.25) is 9.59 Å². The molecule has 1 aromatic heterocycles. The number of halogens is 1. The molecular formula is C23H17ClO4S. The lowest BCUT2D eigenvalue weighted by atomic mass is 10.0. The van der Waals surface area contributed by atoms with E-state index in [4.69, 9.17) is 21.1 Å². The van der Waals surface area contributed by atoms with Gasteiger partial charge in [-0.15, -0.1) is 11.3 Å². The Balaban J connectivity index is 1.52. The molecule has 6 heteroatoms. The third-order valence-electron chi connectivity index (χ3n) is 4.64. The number of hydrogen-bond donors (Lipinski definition) is 0. The molecule has 3 aromatic rings. The van der Waals surface area contributed by atoms with Crippen LogP contribution in [0.1, 0.15) is 36.7 Å². The highest BCUT2D eigenvalue weighted by Crippen LogP contribution is 2.38. The molecule has 0 bridgehead atoms. The molecule has 0 N–H and O–H groups in total. The van der Waals surface area contributed by atoms with Gasteiger partial charge in [0.05, 0.1) is 5.56 Å². The second-order valence-electron chi connectivity index (χ2n) is 6.74. The molecular weight excluding hydrogens is 408 g/mol. The van der Waals surface area contributed by atoms with Gasteiger partial charge in [0.1, 0.15) is 11.5 Å². The highest BCUT2D eigenvalue weighted by molar-refractivity contribution is 7.11. The van der Waals surface area contributed by atoms with Crippen LogP contribution in [0.4, 0.5) is 0 Å². The number of ketones is 2. The third-order valence-corrected chi connectivity index (χ3v) is 5.86. The molecule has 4 nitrogen and oxygen atoms in total. The zero-order valence-electron chi connectivity index (χ0n) is 15.8. The Bertz CT molecular complexity index is 1140. The van der Waals surface area contributed by atoms with Gasteiger partial charge in [-0.25, -0.2) is 0 Å². The van der Waals surface area contributed by atoms with Crippen LogP contribution in [0.25, 0.3) is 6.08 Å². The maximum absolute atomic E-state index is 12.8. The van der Waals surface area contributed by atoms with Crippen LogP contribution in [-0.4, -0.2) is 18.2 Å². The van der Waals surface area contributed by atoms with Crippen molar-refractivity contribution in [3.05, 3.63) is 85.8 Å². The van der Waals surface area contributed by atoms with Crippen molar-refractivity contribution in [2.45, 2.75) is 13.8 Å². The predicted molar refractivity (Wildman–Crippen MR) is 114 cm³/mol. The fraction of sp³-hybridized carbons (Fsp3) is 0.130. The van der Waals surface area contributed by atoms with E-state index in [1.807, 2.05) is 25.3 Å². The maximum Gasteiger partial charge on any atom is 0.232 e. The Kier molecular flexibility index (Phi) is 5.26. The van der Waals surface area contributed by atoms with Gasteiger partial charge in [0, 0.05) is 27.6 Å². The predicted octanol–water partition coefficient (Wildman–Crippen LogP) is 5.90. The zero-order valence-corrected chi connectivity index (χ0v) is 17.4. The summed E-state index contributed by atoms with van der Waals surface area (Å²) in [5.74, 6) is 0.914. The summed E-state index contributed by atoms with van der Waals surface area (Å²) in [7, 11) is 0. The van der Waals surface area contributed by atoms with Crippen LogP contribution in [-0.2, 0) is 0 Å². The minimum absolute atomic E-state index is 0.120. The number of fused-ring (bicyclic) bond motifs is 1. The van der Waals surface area contributed by atoms with Crippen LogP contribution >= 0.6 is 22.9 Å². The van der Waals surface area contributed by atoms with E-state index in [2.05, 4.69) is 0 Å². The van der Waals surface area contributed by atoms with E-state index in [1.165, 1.54) is 0 Å². The highest BCUT2D eigenvalue weighted by atomic mass is 35.5. The fourth-order valence-corrected chi connectivity index (χ4v) is 4.05. The lowest BCUT2D eigenvalue weighted by molar-refractivity contribution is 0.0920. The molecule has 1 aliphatic heterocycles. The van der Waals surface area contributed by atoms with E-state index in [9.17, 15) is 9.59 Å². The molecule has 0 amide bonds. The van der Waals surface area contributed by atoms with Crippen LogP contribution in [0.15, 0.2) is 53.6 Å². The number of thiophene rings is 1. The monoisotopic (exact) mass is 424 g/mol. The highest BCUT2D eigenvalue weighted by Gasteiger charge is 2.30. The van der Waals surface area contributed by atoms with Gasteiger partial charge < -0.3 is 9.47 Å². The summed E-state index contributed by atoms with van der Waals surface area (Å²) in [6, 6.07) is 12.0. The van der Waals surface area contributed by atoms with Crippen LogP contribution in [0.3, 0.4) is 0 Å². The molecule has 0 atom stereocenters. The van der Waals surface area contributed by atoms with Crippen LogP contribution in [0, 0.1) is 13.8 Å². The van der Waals surface area contributed by atoms with E-state index in [0.717, 1.165) is 16.0 Å². The van der Waals surface area contributed by atoms with E-state index < -0.39 is 0 Å². The Morgan fingerprint density at radius 3 is 2.59 bits per heavy atom. The van der Waals surface area contributed by atoms with Crippen molar-refractivity contribution in [3.63, 3.8) is 0 Å². The molecule has 0 saturated heterocycles. The average Bonchev–Trinajstić information content (AvgIpc) is 3.24. The SMILES string of the molecule is Cc1ccsc1/C=C1\Oc2cc(OCC(=O)c3ccc(Cl)cc3)cc(C)c2C1=O. The number of Topliss-reactive ketones (excluding diaryl/α,β-unsaturated/α-hetero) is 2. The number of allylic oxidation sites excluding steroid dienone is 1. The molecule has 0 unspecified atom stereocenters. The number of rotatable bonds is 5. The smallest absolute Gasteiger partial charge is 0.232 e. The first-order valence-corrected chi connectivity index (χ1v) is 10.2. The lowest BCUT2D eigenvalue weighted by Gasteiger charge is -2.09. The van der Waals surface area contributed by atoms with Crippen molar-refractivity contribution < 1.29 is 19.1 Å². The number of aryl methyl sites for hydroxylation is 2. The Morgan fingerprint density at radius 2 is 1.90 bits per heavy atom. The molecule has 0 saturated carbocycles. The summed E-state index contributed by atoms with van der Waals surface area (Å²) in [5.41, 5.74) is 2.89. The zero-order chi connectivity index (χ0) is 20.5. The normalized spacial score (nSPS) is 14.0. The molecule has 2 aromatic carbocycles. The van der Waals surface area contributed by atoms with E-state index >= 15 is 0 Å². The number of ether oxygens (including phenoxy) is 2. The molecule has 0 radical (unpaired) electrons.